The summed E-state index contributed by atoms with van der Waals surface area (Å²) in [5.41, 5.74) is 0.460. The molecule has 0 aliphatic carbocycles. The Hall–Kier alpha value is -2.35. The molecule has 1 aromatic carbocycles. The second-order valence-electron chi connectivity index (χ2n) is 5.29. The molecule has 0 unspecified atom stereocenters. The van der Waals surface area contributed by atoms with Crippen LogP contribution in [0.5, 0.6) is 11.5 Å². The van der Waals surface area contributed by atoms with Crippen molar-refractivity contribution in [2.45, 2.75) is 6.92 Å². The molecule has 1 N–H and O–H groups in total. The average Bonchev–Trinajstić information content (AvgIpc) is 2.63. The minimum atomic E-state index is -0.355. The Balaban J connectivity index is 2.00. The lowest BCUT2D eigenvalue weighted by molar-refractivity contribution is 0.0868. The van der Waals surface area contributed by atoms with Gasteiger partial charge in [-0.15, -0.1) is 0 Å². The molecule has 0 bridgehead atoms. The predicted molar refractivity (Wildman–Crippen MR) is 93.7 cm³/mol. The van der Waals surface area contributed by atoms with E-state index in [1.165, 1.54) is 14.2 Å². The number of piperazine rings is 1. The van der Waals surface area contributed by atoms with Crippen LogP contribution in [-0.2, 0) is 4.74 Å². The Labute approximate surface area is 151 Å². The number of amides is 3. The van der Waals surface area contributed by atoms with Crippen LogP contribution in [0.2, 0.25) is 5.02 Å². The summed E-state index contributed by atoms with van der Waals surface area (Å²) in [6.45, 7) is 3.77. The summed E-state index contributed by atoms with van der Waals surface area (Å²) in [6, 6.07) is 2.90. The molecule has 1 aromatic rings. The summed E-state index contributed by atoms with van der Waals surface area (Å²) in [6.07, 6.45) is -0.355. The normalized spacial score (nSPS) is 14.1. The molecule has 1 fully saturated rings. The molecule has 25 heavy (non-hydrogen) atoms. The number of nitrogens with one attached hydrogen (secondary N) is 1. The molecule has 138 valence electrons. The predicted octanol–water partition coefficient (Wildman–Crippen LogP) is 2.66. The van der Waals surface area contributed by atoms with Crippen molar-refractivity contribution in [3.63, 3.8) is 0 Å². The van der Waals surface area contributed by atoms with Crippen LogP contribution in [0.15, 0.2) is 12.1 Å². The van der Waals surface area contributed by atoms with Gasteiger partial charge in [-0.05, 0) is 6.92 Å². The molecule has 1 heterocycles. The zero-order chi connectivity index (χ0) is 18.4. The van der Waals surface area contributed by atoms with Crippen LogP contribution in [0.25, 0.3) is 0 Å². The maximum atomic E-state index is 12.5. The van der Waals surface area contributed by atoms with E-state index in [0.29, 0.717) is 55.0 Å². The zero-order valence-electron chi connectivity index (χ0n) is 14.5. The maximum absolute atomic E-state index is 12.5. The van der Waals surface area contributed by atoms with Crippen LogP contribution in [0.3, 0.4) is 0 Å². The van der Waals surface area contributed by atoms with E-state index in [2.05, 4.69) is 5.32 Å². The Morgan fingerprint density at radius 1 is 1.08 bits per heavy atom. The van der Waals surface area contributed by atoms with Crippen LogP contribution in [0.4, 0.5) is 15.3 Å². The van der Waals surface area contributed by atoms with Gasteiger partial charge in [0.2, 0.25) is 0 Å². The van der Waals surface area contributed by atoms with E-state index in [1.807, 2.05) is 0 Å². The number of carbonyl (C=O) groups is 2. The number of anilines is 1. The van der Waals surface area contributed by atoms with E-state index in [0.717, 1.165) is 0 Å². The van der Waals surface area contributed by atoms with E-state index in [-0.39, 0.29) is 12.1 Å². The fourth-order valence-electron chi connectivity index (χ4n) is 2.46. The largest absolute Gasteiger partial charge is 0.495 e. The minimum Gasteiger partial charge on any atom is -0.495 e. The molecule has 1 aliphatic rings. The summed E-state index contributed by atoms with van der Waals surface area (Å²) in [7, 11) is 2.99. The molecule has 0 atom stereocenters. The van der Waals surface area contributed by atoms with E-state index < -0.39 is 0 Å². The van der Waals surface area contributed by atoms with E-state index in [4.69, 9.17) is 25.8 Å². The first kappa shape index (κ1) is 19.0. The average molecular weight is 372 g/mol. The third-order valence-electron chi connectivity index (χ3n) is 3.81. The number of hydrogen-bond acceptors (Lipinski definition) is 5. The van der Waals surface area contributed by atoms with Gasteiger partial charge in [-0.2, -0.15) is 0 Å². The van der Waals surface area contributed by atoms with Crippen molar-refractivity contribution in [2.75, 3.05) is 52.3 Å². The van der Waals surface area contributed by atoms with Gasteiger partial charge in [0.25, 0.3) is 0 Å². The number of methoxy groups -OCH3 is 2. The zero-order valence-corrected chi connectivity index (χ0v) is 15.3. The minimum absolute atomic E-state index is 0.286. The van der Waals surface area contributed by atoms with Gasteiger partial charge in [-0.25, -0.2) is 9.59 Å². The topological polar surface area (TPSA) is 80.3 Å². The number of benzene rings is 1. The SMILES string of the molecule is CCOC(=O)N1CCN(C(=O)Nc2cc(OC)c(Cl)cc2OC)CC1. The summed E-state index contributed by atoms with van der Waals surface area (Å²) in [5, 5.41) is 3.18. The van der Waals surface area contributed by atoms with Crippen molar-refractivity contribution in [1.82, 2.24) is 9.80 Å². The lowest BCUT2D eigenvalue weighted by Gasteiger charge is -2.34. The number of ether oxygens (including phenoxy) is 3. The highest BCUT2D eigenvalue weighted by atomic mass is 35.5. The highest BCUT2D eigenvalue weighted by Crippen LogP contribution is 2.36. The number of nitrogens with zero attached hydrogens (tertiary/aromatic N) is 2. The van der Waals surface area contributed by atoms with Crippen molar-refractivity contribution < 1.29 is 23.8 Å². The molecular weight excluding hydrogens is 350 g/mol. The molecule has 0 radical (unpaired) electrons. The van der Waals surface area contributed by atoms with Gasteiger partial charge < -0.3 is 29.3 Å². The molecular formula is C16H22ClN3O5. The van der Waals surface area contributed by atoms with Crippen molar-refractivity contribution in [1.29, 1.82) is 0 Å². The van der Waals surface area contributed by atoms with Gasteiger partial charge in [0, 0.05) is 38.3 Å². The van der Waals surface area contributed by atoms with Crippen LogP contribution in [-0.4, -0.2) is 68.9 Å². The Morgan fingerprint density at radius 2 is 1.68 bits per heavy atom. The van der Waals surface area contributed by atoms with Gasteiger partial charge >= 0.3 is 12.1 Å². The summed E-state index contributed by atoms with van der Waals surface area (Å²) in [4.78, 5) is 27.4. The summed E-state index contributed by atoms with van der Waals surface area (Å²) in [5.74, 6) is 0.870. The first-order valence-corrected chi connectivity index (χ1v) is 8.27. The molecule has 0 saturated carbocycles. The van der Waals surface area contributed by atoms with Gasteiger partial charge in [0.15, 0.2) is 0 Å². The van der Waals surface area contributed by atoms with Crippen LogP contribution in [0, 0.1) is 0 Å². The molecule has 1 saturated heterocycles. The quantitative estimate of drug-likeness (QED) is 0.880. The summed E-state index contributed by atoms with van der Waals surface area (Å²) >= 11 is 6.06. The van der Waals surface area contributed by atoms with Crippen molar-refractivity contribution in [3.8, 4) is 11.5 Å². The van der Waals surface area contributed by atoms with E-state index >= 15 is 0 Å². The fraction of sp³-hybridized carbons (Fsp3) is 0.500. The first-order valence-electron chi connectivity index (χ1n) is 7.89. The third-order valence-corrected chi connectivity index (χ3v) is 4.10. The second-order valence-corrected chi connectivity index (χ2v) is 5.70. The Bertz CT molecular complexity index is 632. The summed E-state index contributed by atoms with van der Waals surface area (Å²) < 4.78 is 15.4. The number of rotatable bonds is 4. The van der Waals surface area contributed by atoms with E-state index in [1.54, 1.807) is 28.9 Å². The standard InChI is InChI=1S/C16H22ClN3O5/c1-4-25-16(22)20-7-5-19(6-8-20)15(21)18-12-10-13(23-2)11(17)9-14(12)24-3/h9-10H,4-8H2,1-3H3,(H,18,21). The fourth-order valence-corrected chi connectivity index (χ4v) is 2.69. The highest BCUT2D eigenvalue weighted by Gasteiger charge is 2.25. The van der Waals surface area contributed by atoms with Crippen LogP contribution < -0.4 is 14.8 Å². The van der Waals surface area contributed by atoms with Crippen molar-refractivity contribution in [3.05, 3.63) is 17.2 Å². The van der Waals surface area contributed by atoms with Crippen molar-refractivity contribution in [2.24, 2.45) is 0 Å². The molecule has 0 spiro atoms. The third kappa shape index (κ3) is 4.60. The lowest BCUT2D eigenvalue weighted by Crippen LogP contribution is -2.51. The second kappa shape index (κ2) is 8.66. The Morgan fingerprint density at radius 3 is 2.24 bits per heavy atom. The monoisotopic (exact) mass is 371 g/mol. The van der Waals surface area contributed by atoms with Crippen LogP contribution in [0.1, 0.15) is 6.92 Å². The molecule has 1 aliphatic heterocycles. The highest BCUT2D eigenvalue weighted by molar-refractivity contribution is 6.32. The van der Waals surface area contributed by atoms with Gasteiger partial charge in [-0.1, -0.05) is 11.6 Å². The number of carbonyl (C=O) groups excluding carboxylic acids is 2. The Kier molecular flexibility index (Phi) is 6.58. The van der Waals surface area contributed by atoms with Crippen LogP contribution >= 0.6 is 11.6 Å². The molecule has 2 rings (SSSR count). The molecule has 8 nitrogen and oxygen atoms in total. The van der Waals surface area contributed by atoms with Gasteiger partial charge in [0.05, 0.1) is 31.5 Å². The smallest absolute Gasteiger partial charge is 0.409 e. The number of hydrogen-bond donors (Lipinski definition) is 1. The maximum Gasteiger partial charge on any atom is 0.409 e. The van der Waals surface area contributed by atoms with Gasteiger partial charge in [0.1, 0.15) is 11.5 Å². The lowest BCUT2D eigenvalue weighted by atomic mass is 10.2. The van der Waals surface area contributed by atoms with Gasteiger partial charge in [-0.3, -0.25) is 0 Å². The molecule has 0 aromatic heterocycles. The van der Waals surface area contributed by atoms with Crippen molar-refractivity contribution >= 4 is 29.4 Å². The van der Waals surface area contributed by atoms with E-state index in [9.17, 15) is 9.59 Å². The number of halogens is 1. The number of urea groups is 1. The molecule has 9 heteroatoms. The molecule has 3 amide bonds. The first-order chi connectivity index (χ1) is 12.0.